The summed E-state index contributed by atoms with van der Waals surface area (Å²) in [7, 11) is 0. The number of hydrogen-bond acceptors (Lipinski definition) is 1. The lowest BCUT2D eigenvalue weighted by atomic mass is 10.1. The summed E-state index contributed by atoms with van der Waals surface area (Å²) < 4.78 is 0. The van der Waals surface area contributed by atoms with Crippen LogP contribution in [0.4, 0.5) is 0 Å². The number of unbranched alkanes of at least 4 members (excludes halogenated alkanes) is 8. The van der Waals surface area contributed by atoms with Crippen molar-refractivity contribution < 1.29 is 0 Å². The van der Waals surface area contributed by atoms with E-state index in [0.717, 1.165) is 6.54 Å². The Hall–Kier alpha value is -0.0400. The van der Waals surface area contributed by atoms with Crippen molar-refractivity contribution in [2.75, 3.05) is 6.54 Å². The molecule has 0 aromatic carbocycles. The van der Waals surface area contributed by atoms with Gasteiger partial charge in [-0.1, -0.05) is 51.9 Å². The van der Waals surface area contributed by atoms with Crippen LogP contribution >= 0.6 is 0 Å². The van der Waals surface area contributed by atoms with E-state index in [-0.39, 0.29) is 0 Å². The van der Waals surface area contributed by atoms with Gasteiger partial charge in [-0.25, -0.2) is 0 Å². The van der Waals surface area contributed by atoms with Crippen molar-refractivity contribution in [3.8, 4) is 0 Å². The molecule has 0 atom stereocenters. The minimum atomic E-state index is 0.857. The van der Waals surface area contributed by atoms with Crippen LogP contribution in [0.15, 0.2) is 0 Å². The van der Waals surface area contributed by atoms with E-state index in [1.54, 1.807) is 0 Å². The zero-order valence-corrected chi connectivity index (χ0v) is 8.52. The zero-order chi connectivity index (χ0) is 9.07. The lowest BCUT2D eigenvalue weighted by Crippen LogP contribution is -1.97. The van der Waals surface area contributed by atoms with Gasteiger partial charge >= 0.3 is 0 Å². The maximum atomic E-state index is 5.40. The molecule has 0 aromatic rings. The summed E-state index contributed by atoms with van der Waals surface area (Å²) in [5.74, 6) is 0. The third-order valence-corrected chi connectivity index (χ3v) is 2.12. The van der Waals surface area contributed by atoms with Crippen LogP contribution in [0.1, 0.15) is 58.3 Å². The molecular weight excluding hydrogens is 146 g/mol. The molecule has 1 radical (unpaired) electrons. The molecule has 0 fully saturated rings. The van der Waals surface area contributed by atoms with Crippen molar-refractivity contribution in [3.05, 3.63) is 6.42 Å². The molecule has 1 nitrogen and oxygen atoms in total. The Kier molecular flexibility index (Phi) is 10.9. The Bertz CT molecular complexity index is 61.4. The molecule has 0 unspecified atom stereocenters. The Morgan fingerprint density at radius 1 is 0.917 bits per heavy atom. The SMILES string of the molecule is CCCCC[CH]CCCCCN. The standard InChI is InChI=1S/C11H24N/c1-2-3-4-5-6-7-8-9-10-11-12/h6H,2-5,7-12H2,1H3. The molecular formula is C11H24N. The molecule has 0 saturated carbocycles. The van der Waals surface area contributed by atoms with Gasteiger partial charge in [0.1, 0.15) is 0 Å². The molecule has 0 aromatic heterocycles. The van der Waals surface area contributed by atoms with E-state index in [1.807, 2.05) is 0 Å². The van der Waals surface area contributed by atoms with Crippen molar-refractivity contribution in [2.24, 2.45) is 5.73 Å². The predicted octanol–water partition coefficient (Wildman–Crippen LogP) is 3.29. The molecule has 0 amide bonds. The first-order valence-electron chi connectivity index (χ1n) is 5.43. The van der Waals surface area contributed by atoms with Gasteiger partial charge in [0.05, 0.1) is 0 Å². The normalized spacial score (nSPS) is 10.5. The van der Waals surface area contributed by atoms with Crippen molar-refractivity contribution in [1.82, 2.24) is 0 Å². The van der Waals surface area contributed by atoms with Gasteiger partial charge in [-0.3, -0.25) is 0 Å². The van der Waals surface area contributed by atoms with Crippen LogP contribution in [0.2, 0.25) is 0 Å². The highest BCUT2D eigenvalue weighted by Crippen LogP contribution is 2.07. The zero-order valence-electron chi connectivity index (χ0n) is 8.52. The molecule has 0 aliphatic rings. The second kappa shape index (κ2) is 11.0. The maximum Gasteiger partial charge on any atom is -0.00773 e. The van der Waals surface area contributed by atoms with E-state index in [0.29, 0.717) is 0 Å². The van der Waals surface area contributed by atoms with Gasteiger partial charge in [-0.05, 0) is 19.4 Å². The van der Waals surface area contributed by atoms with Crippen LogP contribution in [-0.2, 0) is 0 Å². The van der Waals surface area contributed by atoms with Crippen molar-refractivity contribution in [3.63, 3.8) is 0 Å². The number of hydrogen-bond donors (Lipinski definition) is 1. The second-order valence-corrected chi connectivity index (χ2v) is 3.42. The molecule has 73 valence electrons. The second-order valence-electron chi connectivity index (χ2n) is 3.42. The predicted molar refractivity (Wildman–Crippen MR) is 56.0 cm³/mol. The lowest BCUT2D eigenvalue weighted by molar-refractivity contribution is 0.643. The minimum absolute atomic E-state index is 0.857. The molecule has 0 aliphatic heterocycles. The average Bonchev–Trinajstić information content (AvgIpc) is 2.10. The van der Waals surface area contributed by atoms with E-state index in [2.05, 4.69) is 13.3 Å². The third kappa shape index (κ3) is 9.96. The van der Waals surface area contributed by atoms with Gasteiger partial charge in [0, 0.05) is 0 Å². The number of nitrogens with two attached hydrogens (primary N) is 1. The summed E-state index contributed by atoms with van der Waals surface area (Å²) in [6.45, 7) is 3.11. The Morgan fingerprint density at radius 3 is 2.17 bits per heavy atom. The van der Waals surface area contributed by atoms with Gasteiger partial charge in [-0.2, -0.15) is 0 Å². The van der Waals surface area contributed by atoms with Gasteiger partial charge in [-0.15, -0.1) is 0 Å². The first kappa shape index (κ1) is 12.0. The van der Waals surface area contributed by atoms with E-state index in [9.17, 15) is 0 Å². The molecule has 0 aliphatic carbocycles. The summed E-state index contributed by atoms with van der Waals surface area (Å²) in [6.07, 6.45) is 13.0. The van der Waals surface area contributed by atoms with E-state index >= 15 is 0 Å². The van der Waals surface area contributed by atoms with Crippen LogP contribution < -0.4 is 5.73 Å². The molecule has 0 bridgehead atoms. The van der Waals surface area contributed by atoms with Gasteiger partial charge in [0.2, 0.25) is 0 Å². The first-order valence-corrected chi connectivity index (χ1v) is 5.43. The number of rotatable bonds is 9. The fourth-order valence-corrected chi connectivity index (χ4v) is 1.29. The van der Waals surface area contributed by atoms with Crippen molar-refractivity contribution in [2.45, 2.75) is 58.3 Å². The Balaban J connectivity index is 2.73. The fourth-order valence-electron chi connectivity index (χ4n) is 1.29. The van der Waals surface area contributed by atoms with Gasteiger partial charge in [0.25, 0.3) is 0 Å². The lowest BCUT2D eigenvalue weighted by Gasteiger charge is -1.99. The van der Waals surface area contributed by atoms with E-state index in [1.165, 1.54) is 51.4 Å². The Labute approximate surface area is 77.7 Å². The third-order valence-electron chi connectivity index (χ3n) is 2.12. The van der Waals surface area contributed by atoms with Crippen LogP contribution in [0.5, 0.6) is 0 Å². The highest BCUT2D eigenvalue weighted by Gasteiger charge is 1.90. The molecule has 2 N–H and O–H groups in total. The summed E-state index contributed by atoms with van der Waals surface area (Å²) in [6, 6.07) is 0. The topological polar surface area (TPSA) is 26.0 Å². The molecule has 0 spiro atoms. The van der Waals surface area contributed by atoms with Gasteiger partial charge < -0.3 is 5.73 Å². The summed E-state index contributed by atoms with van der Waals surface area (Å²) in [4.78, 5) is 0. The van der Waals surface area contributed by atoms with Crippen molar-refractivity contribution >= 4 is 0 Å². The maximum absolute atomic E-state index is 5.40. The molecule has 12 heavy (non-hydrogen) atoms. The fraction of sp³-hybridized carbons (Fsp3) is 0.909. The van der Waals surface area contributed by atoms with Crippen molar-refractivity contribution in [1.29, 1.82) is 0 Å². The average molecular weight is 170 g/mol. The highest BCUT2D eigenvalue weighted by molar-refractivity contribution is 4.64. The smallest absolute Gasteiger partial charge is 0.00773 e. The summed E-state index contributed by atoms with van der Waals surface area (Å²) >= 11 is 0. The Morgan fingerprint density at radius 2 is 1.58 bits per heavy atom. The van der Waals surface area contributed by atoms with Gasteiger partial charge in [0.15, 0.2) is 0 Å². The molecule has 0 heterocycles. The summed E-state index contributed by atoms with van der Waals surface area (Å²) in [5, 5.41) is 0. The largest absolute Gasteiger partial charge is 0.330 e. The minimum Gasteiger partial charge on any atom is -0.330 e. The molecule has 1 heteroatoms. The molecule has 0 rings (SSSR count). The molecule has 0 saturated heterocycles. The van der Waals surface area contributed by atoms with Crippen LogP contribution in [-0.4, -0.2) is 6.54 Å². The summed E-state index contributed by atoms with van der Waals surface area (Å²) in [5.41, 5.74) is 5.40. The van der Waals surface area contributed by atoms with Crippen LogP contribution in [0.25, 0.3) is 0 Å². The highest BCUT2D eigenvalue weighted by atomic mass is 14.5. The van der Waals surface area contributed by atoms with E-state index < -0.39 is 0 Å². The quantitative estimate of drug-likeness (QED) is 0.528. The van der Waals surface area contributed by atoms with E-state index in [4.69, 9.17) is 5.73 Å². The monoisotopic (exact) mass is 170 g/mol. The first-order chi connectivity index (χ1) is 5.91. The van der Waals surface area contributed by atoms with Crippen LogP contribution in [0, 0.1) is 6.42 Å². The van der Waals surface area contributed by atoms with Crippen LogP contribution in [0.3, 0.4) is 0 Å².